The van der Waals surface area contributed by atoms with Gasteiger partial charge < -0.3 is 4.74 Å². The van der Waals surface area contributed by atoms with E-state index in [4.69, 9.17) is 4.74 Å². The molecule has 0 spiro atoms. The summed E-state index contributed by atoms with van der Waals surface area (Å²) < 4.78 is 6.72. The number of nitrogens with zero attached hydrogens (tertiary/aromatic N) is 2. The summed E-state index contributed by atoms with van der Waals surface area (Å²) in [6.45, 7) is 1.96. The zero-order valence-electron chi connectivity index (χ0n) is 10.6. The minimum atomic E-state index is -0.199. The third kappa shape index (κ3) is 3.44. The Morgan fingerprint density at radius 1 is 1.50 bits per heavy atom. The number of halogens is 1. The third-order valence-corrected chi connectivity index (χ3v) is 3.21. The fraction of sp³-hybridized carbons (Fsp3) is 0.143. The lowest BCUT2D eigenvalue weighted by Crippen LogP contribution is -2.05. The monoisotopic (exact) mass is 350 g/mol. The number of hydrogen-bond donors (Lipinski definition) is 1. The molecule has 0 N–H and O–H groups in total. The predicted molar refractivity (Wildman–Crippen MR) is 83.2 cm³/mol. The van der Waals surface area contributed by atoms with Gasteiger partial charge in [-0.25, -0.2) is 4.09 Å². The fourth-order valence-electron chi connectivity index (χ4n) is 1.70. The first kappa shape index (κ1) is 14.7. The van der Waals surface area contributed by atoms with Gasteiger partial charge in [-0.05, 0) is 47.8 Å². The van der Waals surface area contributed by atoms with E-state index in [0.717, 1.165) is 11.1 Å². The minimum absolute atomic E-state index is 0.199. The van der Waals surface area contributed by atoms with Crippen LogP contribution in [0.4, 0.5) is 0 Å². The first-order valence-electron chi connectivity index (χ1n) is 5.74. The number of carbonyl (C=O) groups excluding carboxylic acids is 1. The average molecular weight is 351 g/mol. The van der Waals surface area contributed by atoms with E-state index >= 15 is 0 Å². The zero-order valence-corrected chi connectivity index (χ0v) is 13.1. The SMILES string of the molecule is CC#Cc1cccc(C(=O)Br)c1COc1ccn(S)n1. The Bertz CT molecular complexity index is 701. The van der Waals surface area contributed by atoms with Crippen LogP contribution in [0.25, 0.3) is 0 Å². The molecule has 0 aliphatic heterocycles. The molecular weight excluding hydrogens is 340 g/mol. The van der Waals surface area contributed by atoms with Crippen molar-refractivity contribution in [1.82, 2.24) is 9.19 Å². The van der Waals surface area contributed by atoms with Gasteiger partial charge in [0.15, 0.2) is 0 Å². The van der Waals surface area contributed by atoms with Crippen molar-refractivity contribution in [2.75, 3.05) is 0 Å². The molecule has 0 amide bonds. The summed E-state index contributed by atoms with van der Waals surface area (Å²) in [5.74, 6) is 6.24. The van der Waals surface area contributed by atoms with Gasteiger partial charge >= 0.3 is 0 Å². The molecule has 0 aliphatic rings. The van der Waals surface area contributed by atoms with Gasteiger partial charge in [-0.2, -0.15) is 0 Å². The maximum Gasteiger partial charge on any atom is 0.234 e. The molecule has 0 bridgehead atoms. The van der Waals surface area contributed by atoms with E-state index in [-0.39, 0.29) is 11.3 Å². The van der Waals surface area contributed by atoms with Gasteiger partial charge in [0.05, 0.1) is 0 Å². The van der Waals surface area contributed by atoms with Gasteiger partial charge in [-0.3, -0.25) is 4.79 Å². The smallest absolute Gasteiger partial charge is 0.234 e. The highest BCUT2D eigenvalue weighted by molar-refractivity contribution is 9.18. The van der Waals surface area contributed by atoms with E-state index in [1.807, 2.05) is 6.07 Å². The van der Waals surface area contributed by atoms with Crippen LogP contribution in [0.3, 0.4) is 0 Å². The first-order chi connectivity index (χ1) is 9.61. The molecule has 2 aromatic rings. The second-order valence-electron chi connectivity index (χ2n) is 3.84. The normalized spacial score (nSPS) is 9.75. The molecule has 1 aromatic carbocycles. The standard InChI is InChI=1S/C14H11BrN2O2S/c1-2-4-10-5-3-6-11(14(15)18)12(10)9-19-13-7-8-17(20)16-13/h3,5-8,20H,9H2,1H3. The summed E-state index contributed by atoms with van der Waals surface area (Å²) in [5, 5.41) is 4.00. The third-order valence-electron chi connectivity index (χ3n) is 2.56. The number of benzene rings is 1. The first-order valence-corrected chi connectivity index (χ1v) is 6.93. The molecule has 0 saturated carbocycles. The van der Waals surface area contributed by atoms with Crippen molar-refractivity contribution in [3.8, 4) is 17.7 Å². The highest BCUT2D eigenvalue weighted by Crippen LogP contribution is 2.19. The second-order valence-corrected chi connectivity index (χ2v) is 4.97. The molecule has 2 rings (SSSR count). The Hall–Kier alpha value is -1.71. The lowest BCUT2D eigenvalue weighted by Gasteiger charge is -2.09. The van der Waals surface area contributed by atoms with Crippen LogP contribution in [-0.2, 0) is 6.61 Å². The van der Waals surface area contributed by atoms with E-state index < -0.39 is 0 Å². The van der Waals surface area contributed by atoms with Gasteiger partial charge in [-0.1, -0.05) is 12.0 Å². The average Bonchev–Trinajstić information content (AvgIpc) is 2.83. The van der Waals surface area contributed by atoms with Crippen LogP contribution in [0.5, 0.6) is 5.88 Å². The van der Waals surface area contributed by atoms with Gasteiger partial charge in [0.2, 0.25) is 10.6 Å². The van der Waals surface area contributed by atoms with Crippen molar-refractivity contribution in [3.05, 3.63) is 47.2 Å². The molecular formula is C14H11BrN2O2S. The molecule has 0 radical (unpaired) electrons. The number of aromatic nitrogens is 2. The fourth-order valence-corrected chi connectivity index (χ4v) is 2.23. The largest absolute Gasteiger partial charge is 0.472 e. The van der Waals surface area contributed by atoms with Gasteiger partial charge in [0, 0.05) is 29.0 Å². The number of thiol groups is 1. The van der Waals surface area contributed by atoms with Crippen molar-refractivity contribution < 1.29 is 9.53 Å². The summed E-state index contributed by atoms with van der Waals surface area (Å²) >= 11 is 7.01. The molecule has 0 saturated heterocycles. The van der Waals surface area contributed by atoms with E-state index in [1.54, 1.807) is 31.3 Å². The van der Waals surface area contributed by atoms with Crippen LogP contribution in [0.2, 0.25) is 0 Å². The van der Waals surface area contributed by atoms with Crippen molar-refractivity contribution in [3.63, 3.8) is 0 Å². The van der Waals surface area contributed by atoms with Crippen LogP contribution in [0.15, 0.2) is 30.5 Å². The van der Waals surface area contributed by atoms with E-state index in [9.17, 15) is 4.79 Å². The molecule has 4 nitrogen and oxygen atoms in total. The van der Waals surface area contributed by atoms with Crippen LogP contribution >= 0.6 is 28.7 Å². The summed E-state index contributed by atoms with van der Waals surface area (Å²) in [7, 11) is 0. The molecule has 102 valence electrons. The Morgan fingerprint density at radius 2 is 2.30 bits per heavy atom. The lowest BCUT2D eigenvalue weighted by molar-refractivity contribution is 0.109. The molecule has 6 heteroatoms. The Morgan fingerprint density at radius 3 is 2.90 bits per heavy atom. The molecule has 0 fully saturated rings. The second kappa shape index (κ2) is 6.64. The number of carbonyl (C=O) groups is 1. The molecule has 0 unspecified atom stereocenters. The molecule has 1 aromatic heterocycles. The topological polar surface area (TPSA) is 44.1 Å². The molecule has 1 heterocycles. The maximum absolute atomic E-state index is 11.6. The number of rotatable bonds is 4. The van der Waals surface area contributed by atoms with E-state index in [0.29, 0.717) is 11.4 Å². The van der Waals surface area contributed by atoms with Gasteiger partial charge in [0.1, 0.15) is 6.61 Å². The Balaban J connectivity index is 2.31. The van der Waals surface area contributed by atoms with Crippen molar-refractivity contribution >= 4 is 33.4 Å². The van der Waals surface area contributed by atoms with E-state index in [2.05, 4.69) is 45.7 Å². The minimum Gasteiger partial charge on any atom is -0.472 e. The highest BCUT2D eigenvalue weighted by atomic mass is 79.9. The Labute approximate surface area is 130 Å². The number of hydrogen-bond acceptors (Lipinski definition) is 4. The van der Waals surface area contributed by atoms with Crippen LogP contribution in [0.1, 0.15) is 28.4 Å². The number of ether oxygens (including phenoxy) is 1. The molecule has 0 atom stereocenters. The lowest BCUT2D eigenvalue weighted by atomic mass is 10.0. The summed E-state index contributed by atoms with van der Waals surface area (Å²) in [5.41, 5.74) is 2.04. The summed E-state index contributed by atoms with van der Waals surface area (Å²) in [6, 6.07) is 7.07. The van der Waals surface area contributed by atoms with Crippen molar-refractivity contribution in [1.29, 1.82) is 0 Å². The zero-order chi connectivity index (χ0) is 14.5. The highest BCUT2D eigenvalue weighted by Gasteiger charge is 2.13. The molecule has 20 heavy (non-hydrogen) atoms. The van der Waals surface area contributed by atoms with E-state index in [1.165, 1.54) is 4.09 Å². The van der Waals surface area contributed by atoms with Crippen LogP contribution < -0.4 is 4.74 Å². The quantitative estimate of drug-likeness (QED) is 0.523. The van der Waals surface area contributed by atoms with Crippen molar-refractivity contribution in [2.24, 2.45) is 0 Å². The van der Waals surface area contributed by atoms with Crippen LogP contribution in [-0.4, -0.2) is 13.9 Å². The Kier molecular flexibility index (Phi) is 4.88. The maximum atomic E-state index is 11.6. The summed E-state index contributed by atoms with van der Waals surface area (Å²) in [4.78, 5) is 11.6. The van der Waals surface area contributed by atoms with Crippen LogP contribution in [0, 0.1) is 11.8 Å². The molecule has 0 aliphatic carbocycles. The predicted octanol–water partition coefficient (Wildman–Crippen LogP) is 3.06. The van der Waals surface area contributed by atoms with Crippen molar-refractivity contribution in [2.45, 2.75) is 13.5 Å². The van der Waals surface area contributed by atoms with Gasteiger partial charge in [-0.15, -0.1) is 11.0 Å². The van der Waals surface area contributed by atoms with Gasteiger partial charge in [0.25, 0.3) is 0 Å². The summed E-state index contributed by atoms with van der Waals surface area (Å²) in [6.07, 6.45) is 1.66.